The number of hydrogen-bond donors (Lipinski definition) is 2. The van der Waals surface area contributed by atoms with Crippen LogP contribution in [0, 0.1) is 0 Å². The molecule has 0 spiro atoms. The van der Waals surface area contributed by atoms with Gasteiger partial charge in [-0.25, -0.2) is 5.43 Å². The normalized spacial score (nSPS) is 13.5. The van der Waals surface area contributed by atoms with E-state index in [1.54, 1.807) is 20.9 Å². The molecule has 0 rings (SSSR count). The van der Waals surface area contributed by atoms with Crippen LogP contribution < -0.4 is 10.7 Å². The zero-order valence-corrected chi connectivity index (χ0v) is 6.51. The van der Waals surface area contributed by atoms with Crippen LogP contribution in [0.1, 0.15) is 13.8 Å². The van der Waals surface area contributed by atoms with Crippen molar-refractivity contribution in [3.63, 3.8) is 0 Å². The van der Waals surface area contributed by atoms with Gasteiger partial charge in [-0.05, 0) is 20.9 Å². The molecule has 1 amide bonds. The third-order valence-electron chi connectivity index (χ3n) is 1.13. The van der Waals surface area contributed by atoms with Gasteiger partial charge >= 0.3 is 0 Å². The van der Waals surface area contributed by atoms with E-state index in [0.717, 1.165) is 0 Å². The van der Waals surface area contributed by atoms with Crippen molar-refractivity contribution < 1.29 is 4.79 Å². The van der Waals surface area contributed by atoms with Crippen molar-refractivity contribution in [2.24, 2.45) is 5.10 Å². The molecule has 0 saturated carbocycles. The number of nitrogens with one attached hydrogen (secondary N) is 2. The predicted octanol–water partition coefficient (Wildman–Crippen LogP) is -0.284. The molecule has 4 nitrogen and oxygen atoms in total. The van der Waals surface area contributed by atoms with Crippen LogP contribution in [-0.2, 0) is 4.79 Å². The fourth-order valence-corrected chi connectivity index (χ4v) is 0.356. The summed E-state index contributed by atoms with van der Waals surface area (Å²) in [5, 5.41) is 6.36. The number of carbonyl (C=O) groups excluding carboxylic acids is 1. The van der Waals surface area contributed by atoms with Crippen LogP contribution in [0.3, 0.4) is 0 Å². The van der Waals surface area contributed by atoms with E-state index in [0.29, 0.717) is 0 Å². The molecule has 58 valence electrons. The molecule has 0 aliphatic rings. The maximum absolute atomic E-state index is 10.8. The topological polar surface area (TPSA) is 53.5 Å². The number of rotatable bonds is 3. The maximum Gasteiger partial charge on any atom is 0.256 e. The molecule has 0 aliphatic carbocycles. The lowest BCUT2D eigenvalue weighted by Gasteiger charge is -2.06. The highest BCUT2D eigenvalue weighted by atomic mass is 16.2. The minimum atomic E-state index is -0.191. The standard InChI is InChI=1S/C6H13N3O/c1-4-8-9-6(10)5(2)7-3/h4-5,7H,1-3H3,(H,9,10)/b8-4-. The molecule has 0 bridgehead atoms. The van der Waals surface area contributed by atoms with E-state index in [9.17, 15) is 4.79 Å². The number of hydrazone groups is 1. The molecule has 0 fully saturated rings. The number of nitrogens with zero attached hydrogens (tertiary/aromatic N) is 1. The van der Waals surface area contributed by atoms with Gasteiger partial charge in [-0.2, -0.15) is 5.10 Å². The summed E-state index contributed by atoms with van der Waals surface area (Å²) >= 11 is 0. The van der Waals surface area contributed by atoms with Gasteiger partial charge in [-0.15, -0.1) is 0 Å². The summed E-state index contributed by atoms with van der Waals surface area (Å²) in [4.78, 5) is 10.8. The Kier molecular flexibility index (Phi) is 4.49. The number of likely N-dealkylation sites (N-methyl/N-ethyl adjacent to an activating group) is 1. The van der Waals surface area contributed by atoms with Crippen molar-refractivity contribution in [3.8, 4) is 0 Å². The highest BCUT2D eigenvalue weighted by Gasteiger charge is 2.06. The van der Waals surface area contributed by atoms with Gasteiger partial charge in [0.2, 0.25) is 0 Å². The number of carbonyl (C=O) groups is 1. The van der Waals surface area contributed by atoms with Crippen molar-refractivity contribution in [1.29, 1.82) is 0 Å². The van der Waals surface area contributed by atoms with Crippen LogP contribution in [0.25, 0.3) is 0 Å². The first-order valence-corrected chi connectivity index (χ1v) is 3.17. The first kappa shape index (κ1) is 9.10. The molecule has 1 unspecified atom stereocenters. The van der Waals surface area contributed by atoms with E-state index in [1.807, 2.05) is 0 Å². The lowest BCUT2D eigenvalue weighted by molar-refractivity contribution is -0.122. The van der Waals surface area contributed by atoms with Gasteiger partial charge in [-0.3, -0.25) is 4.79 Å². The molecule has 0 aromatic rings. The molecular formula is C6H13N3O. The largest absolute Gasteiger partial charge is 0.309 e. The summed E-state index contributed by atoms with van der Waals surface area (Å²) in [6.07, 6.45) is 1.53. The molecule has 0 radical (unpaired) electrons. The Labute approximate surface area is 60.7 Å². The monoisotopic (exact) mass is 143 g/mol. The molecule has 0 saturated heterocycles. The molecule has 0 aliphatic heterocycles. The third kappa shape index (κ3) is 3.19. The molecular weight excluding hydrogens is 130 g/mol. The number of hydrogen-bond acceptors (Lipinski definition) is 3. The average Bonchev–Trinajstić information content (AvgIpc) is 1.98. The Morgan fingerprint density at radius 3 is 2.70 bits per heavy atom. The van der Waals surface area contributed by atoms with Gasteiger partial charge in [-0.1, -0.05) is 0 Å². The summed E-state index contributed by atoms with van der Waals surface area (Å²) in [5.74, 6) is -0.124. The fraction of sp³-hybridized carbons (Fsp3) is 0.667. The fourth-order valence-electron chi connectivity index (χ4n) is 0.356. The van der Waals surface area contributed by atoms with Gasteiger partial charge in [0.15, 0.2) is 0 Å². The SMILES string of the molecule is C/C=N\NC(=O)C(C)NC. The smallest absolute Gasteiger partial charge is 0.256 e. The van der Waals surface area contributed by atoms with Crippen LogP contribution in [0.4, 0.5) is 0 Å². The minimum absolute atomic E-state index is 0.124. The zero-order chi connectivity index (χ0) is 7.98. The Hall–Kier alpha value is -0.900. The first-order chi connectivity index (χ1) is 4.72. The Morgan fingerprint density at radius 1 is 1.70 bits per heavy atom. The van der Waals surface area contributed by atoms with E-state index in [2.05, 4.69) is 15.8 Å². The van der Waals surface area contributed by atoms with E-state index >= 15 is 0 Å². The molecule has 0 heterocycles. The second kappa shape index (κ2) is 4.93. The van der Waals surface area contributed by atoms with Crippen LogP contribution in [0.2, 0.25) is 0 Å². The third-order valence-corrected chi connectivity index (χ3v) is 1.13. The van der Waals surface area contributed by atoms with E-state index < -0.39 is 0 Å². The van der Waals surface area contributed by atoms with Crippen molar-refractivity contribution in [3.05, 3.63) is 0 Å². The second-order valence-corrected chi connectivity index (χ2v) is 1.87. The lowest BCUT2D eigenvalue weighted by atomic mass is 10.3. The quantitative estimate of drug-likeness (QED) is 0.421. The highest BCUT2D eigenvalue weighted by molar-refractivity contribution is 5.81. The van der Waals surface area contributed by atoms with E-state index in [4.69, 9.17) is 0 Å². The van der Waals surface area contributed by atoms with E-state index in [1.165, 1.54) is 6.21 Å². The van der Waals surface area contributed by atoms with Crippen molar-refractivity contribution in [2.45, 2.75) is 19.9 Å². The molecule has 4 heteroatoms. The Morgan fingerprint density at radius 2 is 2.30 bits per heavy atom. The van der Waals surface area contributed by atoms with Crippen LogP contribution in [-0.4, -0.2) is 25.2 Å². The maximum atomic E-state index is 10.8. The summed E-state index contributed by atoms with van der Waals surface area (Å²) in [6.45, 7) is 3.50. The van der Waals surface area contributed by atoms with Gasteiger partial charge in [0.25, 0.3) is 5.91 Å². The van der Waals surface area contributed by atoms with Gasteiger partial charge < -0.3 is 5.32 Å². The van der Waals surface area contributed by atoms with Crippen molar-refractivity contribution >= 4 is 12.1 Å². The minimum Gasteiger partial charge on any atom is -0.309 e. The van der Waals surface area contributed by atoms with Gasteiger partial charge in [0.05, 0.1) is 6.04 Å². The van der Waals surface area contributed by atoms with Crippen LogP contribution in [0.5, 0.6) is 0 Å². The van der Waals surface area contributed by atoms with Gasteiger partial charge in [0.1, 0.15) is 0 Å². The Balaban J connectivity index is 3.62. The van der Waals surface area contributed by atoms with Crippen LogP contribution >= 0.6 is 0 Å². The molecule has 2 N–H and O–H groups in total. The first-order valence-electron chi connectivity index (χ1n) is 3.17. The zero-order valence-electron chi connectivity index (χ0n) is 6.51. The Bertz CT molecular complexity index is 133. The van der Waals surface area contributed by atoms with Crippen molar-refractivity contribution in [2.75, 3.05) is 7.05 Å². The highest BCUT2D eigenvalue weighted by Crippen LogP contribution is 1.77. The van der Waals surface area contributed by atoms with Crippen molar-refractivity contribution in [1.82, 2.24) is 10.7 Å². The van der Waals surface area contributed by atoms with Gasteiger partial charge in [0, 0.05) is 6.21 Å². The molecule has 0 aromatic carbocycles. The van der Waals surface area contributed by atoms with E-state index in [-0.39, 0.29) is 11.9 Å². The molecule has 10 heavy (non-hydrogen) atoms. The summed E-state index contributed by atoms with van der Waals surface area (Å²) in [7, 11) is 1.72. The predicted molar refractivity (Wildman–Crippen MR) is 40.8 cm³/mol. The number of amides is 1. The van der Waals surface area contributed by atoms with Crippen LogP contribution in [0.15, 0.2) is 5.10 Å². The second-order valence-electron chi connectivity index (χ2n) is 1.87. The summed E-state index contributed by atoms with van der Waals surface area (Å²) < 4.78 is 0. The molecule has 0 aromatic heterocycles. The lowest BCUT2D eigenvalue weighted by Crippen LogP contribution is -2.38. The molecule has 1 atom stereocenters. The summed E-state index contributed by atoms with van der Waals surface area (Å²) in [5.41, 5.74) is 2.35. The average molecular weight is 143 g/mol. The summed E-state index contributed by atoms with van der Waals surface area (Å²) in [6, 6.07) is -0.191.